The number of hydrogen-bond acceptors (Lipinski definition) is 2. The van der Waals surface area contributed by atoms with Gasteiger partial charge < -0.3 is 4.74 Å². The molecule has 2 nitrogen and oxygen atoms in total. The summed E-state index contributed by atoms with van der Waals surface area (Å²) in [6.45, 7) is 0.321. The van der Waals surface area contributed by atoms with Crippen LogP contribution < -0.4 is 0 Å². The number of carbonyl (C=O) groups is 1. The molecule has 19 heavy (non-hydrogen) atoms. The smallest absolute Gasteiger partial charge is 0.310 e. The van der Waals surface area contributed by atoms with Crippen LogP contribution in [0, 0.1) is 3.57 Å². The van der Waals surface area contributed by atoms with Crippen molar-refractivity contribution in [2.45, 2.75) is 13.0 Å². The van der Waals surface area contributed by atoms with E-state index in [1.807, 2.05) is 48.5 Å². The van der Waals surface area contributed by atoms with Crippen LogP contribution in [-0.2, 0) is 22.6 Å². The summed E-state index contributed by atoms with van der Waals surface area (Å²) in [5.74, 6) is -0.216. The van der Waals surface area contributed by atoms with Crippen LogP contribution in [0.2, 0.25) is 0 Å². The van der Waals surface area contributed by atoms with Crippen molar-refractivity contribution in [3.05, 3.63) is 67.7 Å². The summed E-state index contributed by atoms with van der Waals surface area (Å²) in [5.41, 5.74) is 1.95. The first-order valence-corrected chi connectivity index (χ1v) is 7.66. The minimum atomic E-state index is -0.216. The minimum absolute atomic E-state index is 0.216. The highest BCUT2D eigenvalue weighted by atomic mass is 127. The maximum Gasteiger partial charge on any atom is 0.310 e. The monoisotopic (exact) mass is 430 g/mol. The van der Waals surface area contributed by atoms with Crippen molar-refractivity contribution < 1.29 is 9.53 Å². The SMILES string of the molecule is O=C(Cc1cccc(I)c1Br)OCc1ccccc1. The molecule has 0 spiro atoms. The van der Waals surface area contributed by atoms with E-state index in [-0.39, 0.29) is 12.4 Å². The van der Waals surface area contributed by atoms with E-state index in [1.54, 1.807) is 0 Å². The third-order valence-corrected chi connectivity index (χ3v) is 5.19. The van der Waals surface area contributed by atoms with Gasteiger partial charge in [0.15, 0.2) is 0 Å². The Hall–Kier alpha value is -0.880. The Morgan fingerprint density at radius 2 is 1.84 bits per heavy atom. The predicted molar refractivity (Wildman–Crippen MR) is 86.8 cm³/mol. The van der Waals surface area contributed by atoms with Gasteiger partial charge in [-0.2, -0.15) is 0 Å². The van der Waals surface area contributed by atoms with Crippen LogP contribution in [0.1, 0.15) is 11.1 Å². The van der Waals surface area contributed by atoms with Crippen LogP contribution >= 0.6 is 38.5 Å². The van der Waals surface area contributed by atoms with Gasteiger partial charge in [0.2, 0.25) is 0 Å². The maximum absolute atomic E-state index is 11.8. The molecule has 0 amide bonds. The molecule has 98 valence electrons. The molecule has 0 aromatic heterocycles. The molecule has 0 aliphatic carbocycles. The number of esters is 1. The van der Waals surface area contributed by atoms with E-state index in [2.05, 4.69) is 38.5 Å². The number of halogens is 2. The number of benzene rings is 2. The van der Waals surface area contributed by atoms with E-state index in [0.29, 0.717) is 6.61 Å². The van der Waals surface area contributed by atoms with Crippen molar-refractivity contribution in [3.8, 4) is 0 Å². The Morgan fingerprint density at radius 1 is 1.11 bits per heavy atom. The molecule has 0 saturated carbocycles. The first-order valence-electron chi connectivity index (χ1n) is 5.79. The Bertz CT molecular complexity index is 570. The quantitative estimate of drug-likeness (QED) is 0.532. The van der Waals surface area contributed by atoms with Gasteiger partial charge in [-0.25, -0.2) is 0 Å². The molecule has 4 heteroatoms. The molecular formula is C15H12BrIO2. The molecule has 0 unspecified atom stereocenters. The van der Waals surface area contributed by atoms with Crippen LogP contribution in [0.5, 0.6) is 0 Å². The lowest BCUT2D eigenvalue weighted by atomic mass is 10.1. The fraction of sp³-hybridized carbons (Fsp3) is 0.133. The van der Waals surface area contributed by atoms with Crippen molar-refractivity contribution in [1.29, 1.82) is 0 Å². The first kappa shape index (κ1) is 14.5. The van der Waals surface area contributed by atoms with Gasteiger partial charge in [0.25, 0.3) is 0 Å². The average molecular weight is 431 g/mol. The average Bonchev–Trinajstić information content (AvgIpc) is 2.43. The number of ether oxygens (including phenoxy) is 1. The molecule has 0 atom stereocenters. The zero-order valence-electron chi connectivity index (χ0n) is 10.1. The van der Waals surface area contributed by atoms with Gasteiger partial charge in [-0.1, -0.05) is 42.5 Å². The van der Waals surface area contributed by atoms with Crippen molar-refractivity contribution >= 4 is 44.5 Å². The van der Waals surface area contributed by atoms with Crippen LogP contribution in [0.25, 0.3) is 0 Å². The molecule has 0 aliphatic heterocycles. The third-order valence-electron chi connectivity index (χ3n) is 2.61. The predicted octanol–water partition coefficient (Wildman–Crippen LogP) is 4.34. The van der Waals surface area contributed by atoms with Crippen molar-refractivity contribution in [3.63, 3.8) is 0 Å². The van der Waals surface area contributed by atoms with E-state index in [4.69, 9.17) is 4.74 Å². The second kappa shape index (κ2) is 7.05. The maximum atomic E-state index is 11.8. The summed E-state index contributed by atoms with van der Waals surface area (Å²) < 4.78 is 7.32. The topological polar surface area (TPSA) is 26.3 Å². The Balaban J connectivity index is 1.93. The van der Waals surface area contributed by atoms with Crippen molar-refractivity contribution in [1.82, 2.24) is 0 Å². The van der Waals surface area contributed by atoms with Gasteiger partial charge in [-0.3, -0.25) is 4.79 Å². The third kappa shape index (κ3) is 4.31. The summed E-state index contributed by atoms with van der Waals surface area (Å²) in [5, 5.41) is 0. The fourth-order valence-electron chi connectivity index (χ4n) is 1.63. The van der Waals surface area contributed by atoms with Crippen LogP contribution in [-0.4, -0.2) is 5.97 Å². The summed E-state index contributed by atoms with van der Waals surface area (Å²) in [4.78, 5) is 11.8. The molecule has 0 N–H and O–H groups in total. The molecule has 0 aliphatic rings. The second-order valence-electron chi connectivity index (χ2n) is 4.04. The Labute approximate surface area is 134 Å². The van der Waals surface area contributed by atoms with Gasteiger partial charge in [-0.05, 0) is 55.7 Å². The first-order chi connectivity index (χ1) is 9.16. The number of rotatable bonds is 4. The van der Waals surface area contributed by atoms with E-state index < -0.39 is 0 Å². The molecule has 0 fully saturated rings. The highest BCUT2D eigenvalue weighted by Crippen LogP contribution is 2.23. The van der Waals surface area contributed by atoms with E-state index in [0.717, 1.165) is 19.2 Å². The normalized spacial score (nSPS) is 10.2. The Morgan fingerprint density at radius 3 is 2.58 bits per heavy atom. The molecule has 0 radical (unpaired) electrons. The van der Waals surface area contributed by atoms with Crippen molar-refractivity contribution in [2.75, 3.05) is 0 Å². The number of hydrogen-bond donors (Lipinski definition) is 0. The lowest BCUT2D eigenvalue weighted by Crippen LogP contribution is -2.08. The lowest BCUT2D eigenvalue weighted by molar-refractivity contribution is -0.144. The molecule has 0 heterocycles. The molecule has 0 saturated heterocycles. The van der Waals surface area contributed by atoms with Crippen LogP contribution in [0.3, 0.4) is 0 Å². The van der Waals surface area contributed by atoms with Gasteiger partial charge in [0.1, 0.15) is 6.61 Å². The summed E-state index contributed by atoms with van der Waals surface area (Å²) >= 11 is 5.72. The van der Waals surface area contributed by atoms with Gasteiger partial charge >= 0.3 is 5.97 Å². The molecular weight excluding hydrogens is 419 g/mol. The summed E-state index contributed by atoms with van der Waals surface area (Å²) in [6.07, 6.45) is 0.282. The molecule has 0 bridgehead atoms. The largest absolute Gasteiger partial charge is 0.461 e. The van der Waals surface area contributed by atoms with E-state index >= 15 is 0 Å². The van der Waals surface area contributed by atoms with E-state index in [1.165, 1.54) is 0 Å². The standard InChI is InChI=1S/C15H12BrIO2/c16-15-12(7-4-8-13(15)17)9-14(18)19-10-11-5-2-1-3-6-11/h1-8H,9-10H2. The van der Waals surface area contributed by atoms with Crippen LogP contribution in [0.15, 0.2) is 53.0 Å². The molecule has 2 aromatic carbocycles. The zero-order chi connectivity index (χ0) is 13.7. The molecule has 2 aromatic rings. The highest BCUT2D eigenvalue weighted by molar-refractivity contribution is 14.1. The fourth-order valence-corrected chi connectivity index (χ4v) is 2.59. The van der Waals surface area contributed by atoms with E-state index in [9.17, 15) is 4.79 Å². The number of carbonyl (C=O) groups excluding carboxylic acids is 1. The summed E-state index contributed by atoms with van der Waals surface area (Å²) in [7, 11) is 0. The lowest BCUT2D eigenvalue weighted by Gasteiger charge is -2.07. The van der Waals surface area contributed by atoms with Gasteiger partial charge in [0.05, 0.1) is 6.42 Å². The molecule has 2 rings (SSSR count). The highest BCUT2D eigenvalue weighted by Gasteiger charge is 2.09. The minimum Gasteiger partial charge on any atom is -0.461 e. The summed E-state index contributed by atoms with van der Waals surface area (Å²) in [6, 6.07) is 15.5. The zero-order valence-corrected chi connectivity index (χ0v) is 13.8. The van der Waals surface area contributed by atoms with Crippen molar-refractivity contribution in [2.24, 2.45) is 0 Å². The van der Waals surface area contributed by atoms with Crippen LogP contribution in [0.4, 0.5) is 0 Å². The van der Waals surface area contributed by atoms with Gasteiger partial charge in [-0.15, -0.1) is 0 Å². The second-order valence-corrected chi connectivity index (χ2v) is 5.99. The Kier molecular flexibility index (Phi) is 5.39. The van der Waals surface area contributed by atoms with Gasteiger partial charge in [0, 0.05) is 8.04 Å².